The molecule has 3 aromatic rings. The lowest BCUT2D eigenvalue weighted by Gasteiger charge is -2.16. The summed E-state index contributed by atoms with van der Waals surface area (Å²) in [6, 6.07) is 10.1. The Bertz CT molecular complexity index is 1060. The van der Waals surface area contributed by atoms with Gasteiger partial charge in [0.2, 0.25) is 23.5 Å². The van der Waals surface area contributed by atoms with Gasteiger partial charge in [-0.25, -0.2) is 0 Å². The van der Waals surface area contributed by atoms with Crippen LogP contribution in [0.3, 0.4) is 0 Å². The molecule has 1 aliphatic heterocycles. The summed E-state index contributed by atoms with van der Waals surface area (Å²) in [6.07, 6.45) is 2.67. The van der Waals surface area contributed by atoms with E-state index >= 15 is 0 Å². The average molecular weight is 420 g/mol. The van der Waals surface area contributed by atoms with Gasteiger partial charge in [-0.2, -0.15) is 19.9 Å². The molecule has 10 heteroatoms. The molecule has 1 saturated heterocycles. The summed E-state index contributed by atoms with van der Waals surface area (Å²) in [6.45, 7) is 3.66. The minimum Gasteiger partial charge on any atom is -0.381 e. The predicted octanol–water partition coefficient (Wildman–Crippen LogP) is 2.36. The zero-order valence-electron chi connectivity index (χ0n) is 17.0. The number of aromatic nitrogens is 5. The lowest BCUT2D eigenvalue weighted by atomic mass is 10.3. The molecule has 1 unspecified atom stereocenters. The molecule has 0 radical (unpaired) electrons. The van der Waals surface area contributed by atoms with E-state index in [0.29, 0.717) is 35.5 Å². The van der Waals surface area contributed by atoms with Gasteiger partial charge in [0.15, 0.2) is 0 Å². The largest absolute Gasteiger partial charge is 0.381 e. The number of para-hydroxylation sites is 1. The Morgan fingerprint density at radius 1 is 1.00 bits per heavy atom. The highest BCUT2D eigenvalue weighted by Gasteiger charge is 2.56. The van der Waals surface area contributed by atoms with Gasteiger partial charge in [-0.15, -0.1) is 0 Å². The van der Waals surface area contributed by atoms with Crippen molar-refractivity contribution in [3.63, 3.8) is 0 Å². The summed E-state index contributed by atoms with van der Waals surface area (Å²) in [5.74, 6) is 3.80. The maximum atomic E-state index is 5.88. The summed E-state index contributed by atoms with van der Waals surface area (Å²) in [5, 5.41) is 7.18. The molecule has 2 aromatic heterocycles. The zero-order chi connectivity index (χ0) is 20.8. The molecule has 3 atom stereocenters. The van der Waals surface area contributed by atoms with Crippen LogP contribution < -0.4 is 16.0 Å². The molecule has 0 bridgehead atoms. The lowest BCUT2D eigenvalue weighted by Crippen LogP contribution is -2.25. The Hall–Kier alpha value is -3.27. The third-order valence-corrected chi connectivity index (χ3v) is 6.30. The monoisotopic (exact) mass is 420 g/mol. The smallest absolute Gasteiger partial charge is 0.324 e. The minimum atomic E-state index is 0.0891. The Morgan fingerprint density at radius 2 is 1.81 bits per heavy atom. The van der Waals surface area contributed by atoms with Gasteiger partial charge in [-0.1, -0.05) is 23.4 Å². The summed E-state index contributed by atoms with van der Waals surface area (Å²) in [7, 11) is 0. The second kappa shape index (κ2) is 7.45. The number of fused-ring (bicyclic) bond motifs is 1. The fraction of sp³-hybridized carbons (Fsp3) is 0.476. The van der Waals surface area contributed by atoms with Crippen LogP contribution in [0.1, 0.15) is 12.8 Å². The first-order valence-electron chi connectivity index (χ1n) is 10.7. The van der Waals surface area contributed by atoms with Gasteiger partial charge in [0.05, 0.1) is 6.61 Å². The summed E-state index contributed by atoms with van der Waals surface area (Å²) in [4.78, 5) is 19.3. The second-order valence-electron chi connectivity index (χ2n) is 8.61. The van der Waals surface area contributed by atoms with E-state index in [9.17, 15) is 0 Å². The van der Waals surface area contributed by atoms with Crippen molar-refractivity contribution in [2.24, 2.45) is 23.7 Å². The number of nitrogens with zero attached hydrogens (tertiary/aromatic N) is 6. The number of anilines is 4. The Morgan fingerprint density at radius 3 is 2.58 bits per heavy atom. The second-order valence-corrected chi connectivity index (χ2v) is 8.61. The van der Waals surface area contributed by atoms with Gasteiger partial charge < -0.3 is 25.2 Å². The SMILES string of the molecule is Nc1nc(Nc2ccccc2)nc(-c2noc(N3C[C@@H]4C(COCC5CC5)[C@@H]4C3)n2)n1. The fourth-order valence-electron chi connectivity index (χ4n) is 4.34. The molecule has 2 aliphatic carbocycles. The Labute approximate surface area is 179 Å². The Balaban J connectivity index is 1.10. The van der Waals surface area contributed by atoms with Crippen LogP contribution >= 0.6 is 0 Å². The van der Waals surface area contributed by atoms with Crippen molar-refractivity contribution in [3.8, 4) is 11.6 Å². The third kappa shape index (κ3) is 3.90. The molecule has 160 valence electrons. The van der Waals surface area contributed by atoms with Crippen LogP contribution in [0.25, 0.3) is 11.6 Å². The first kappa shape index (κ1) is 18.5. The molecule has 6 rings (SSSR count). The number of ether oxygens (including phenoxy) is 1. The van der Waals surface area contributed by atoms with E-state index in [4.69, 9.17) is 15.0 Å². The predicted molar refractivity (Wildman–Crippen MR) is 113 cm³/mol. The van der Waals surface area contributed by atoms with Gasteiger partial charge in [0.1, 0.15) is 0 Å². The van der Waals surface area contributed by atoms with E-state index in [-0.39, 0.29) is 11.8 Å². The number of piperidine rings is 1. The van der Waals surface area contributed by atoms with Crippen LogP contribution in [0.4, 0.5) is 23.6 Å². The number of nitrogens with two attached hydrogens (primary N) is 1. The standard InChI is InChI=1S/C21H24N8O2/c22-19-24-17(25-20(27-19)23-13-4-2-1-3-5-13)18-26-21(31-28-18)29-8-14-15(9-29)16(14)11-30-10-12-6-7-12/h1-5,12,14-16H,6-11H2,(H3,22,23,24,25,27)/t14-,15+,16?. The molecule has 10 nitrogen and oxygen atoms in total. The number of rotatable bonds is 8. The molecular weight excluding hydrogens is 396 g/mol. The molecule has 3 fully saturated rings. The number of hydrogen-bond donors (Lipinski definition) is 2. The van der Waals surface area contributed by atoms with Crippen LogP contribution in [0.5, 0.6) is 0 Å². The van der Waals surface area contributed by atoms with Gasteiger partial charge in [-0.05, 0) is 48.6 Å². The fourth-order valence-corrected chi connectivity index (χ4v) is 4.34. The van der Waals surface area contributed by atoms with Crippen molar-refractivity contribution < 1.29 is 9.26 Å². The van der Waals surface area contributed by atoms with E-state index in [0.717, 1.165) is 37.9 Å². The molecule has 31 heavy (non-hydrogen) atoms. The maximum absolute atomic E-state index is 5.88. The highest BCUT2D eigenvalue weighted by Crippen LogP contribution is 2.52. The van der Waals surface area contributed by atoms with Crippen molar-refractivity contribution in [2.45, 2.75) is 12.8 Å². The molecule has 1 aromatic carbocycles. The van der Waals surface area contributed by atoms with Gasteiger partial charge >= 0.3 is 6.01 Å². The lowest BCUT2D eigenvalue weighted by molar-refractivity contribution is 0.108. The van der Waals surface area contributed by atoms with Crippen LogP contribution in [-0.4, -0.2) is 51.4 Å². The number of nitrogens with one attached hydrogen (secondary N) is 1. The topological polar surface area (TPSA) is 128 Å². The van der Waals surface area contributed by atoms with E-state index < -0.39 is 0 Å². The maximum Gasteiger partial charge on any atom is 0.324 e. The quantitative estimate of drug-likeness (QED) is 0.560. The molecule has 3 aliphatic rings. The average Bonchev–Trinajstić information content (AvgIpc) is 3.57. The van der Waals surface area contributed by atoms with Gasteiger partial charge in [-0.3, -0.25) is 0 Å². The molecule has 3 heterocycles. The minimum absolute atomic E-state index is 0.0891. The van der Waals surface area contributed by atoms with Gasteiger partial charge in [0.25, 0.3) is 0 Å². The molecule has 2 saturated carbocycles. The van der Waals surface area contributed by atoms with Crippen molar-refractivity contribution in [1.29, 1.82) is 0 Å². The highest BCUT2D eigenvalue weighted by molar-refractivity contribution is 5.57. The van der Waals surface area contributed by atoms with Crippen molar-refractivity contribution >= 4 is 23.6 Å². The summed E-state index contributed by atoms with van der Waals surface area (Å²) < 4.78 is 11.4. The van der Waals surface area contributed by atoms with E-state index in [1.807, 2.05) is 30.3 Å². The highest BCUT2D eigenvalue weighted by atomic mass is 16.5. The van der Waals surface area contributed by atoms with Crippen LogP contribution in [0.2, 0.25) is 0 Å². The third-order valence-electron chi connectivity index (χ3n) is 6.30. The summed E-state index contributed by atoms with van der Waals surface area (Å²) in [5.41, 5.74) is 6.72. The number of nitrogen functional groups attached to an aromatic ring is 1. The van der Waals surface area contributed by atoms with E-state index in [2.05, 4.69) is 35.3 Å². The molecular formula is C21H24N8O2. The number of benzene rings is 1. The zero-order valence-corrected chi connectivity index (χ0v) is 17.0. The van der Waals surface area contributed by atoms with Gasteiger partial charge in [0, 0.05) is 25.4 Å². The van der Waals surface area contributed by atoms with Crippen LogP contribution in [-0.2, 0) is 4.74 Å². The van der Waals surface area contributed by atoms with Crippen LogP contribution in [0, 0.1) is 23.7 Å². The molecule has 0 spiro atoms. The molecule has 3 N–H and O–H groups in total. The first-order valence-corrected chi connectivity index (χ1v) is 10.7. The Kier molecular flexibility index (Phi) is 4.45. The number of hydrogen-bond acceptors (Lipinski definition) is 10. The summed E-state index contributed by atoms with van der Waals surface area (Å²) >= 11 is 0. The van der Waals surface area contributed by atoms with Crippen LogP contribution in [0.15, 0.2) is 34.9 Å². The van der Waals surface area contributed by atoms with E-state index in [1.54, 1.807) is 0 Å². The van der Waals surface area contributed by atoms with E-state index in [1.165, 1.54) is 12.8 Å². The van der Waals surface area contributed by atoms with Crippen molar-refractivity contribution in [3.05, 3.63) is 30.3 Å². The molecule has 0 amide bonds. The van der Waals surface area contributed by atoms with Crippen molar-refractivity contribution in [2.75, 3.05) is 42.3 Å². The van der Waals surface area contributed by atoms with Crippen molar-refractivity contribution in [1.82, 2.24) is 25.1 Å². The first-order chi connectivity index (χ1) is 15.2. The normalized spacial score (nSPS) is 24.3.